The fraction of sp³-hybridized carbons (Fsp3) is 0.500. The zero-order chi connectivity index (χ0) is 27.2. The maximum absolute atomic E-state index is 10.7. The van der Waals surface area contributed by atoms with E-state index >= 15 is 0 Å². The number of β-amino-alcohol motifs (C(OH)–C–C–N with tert-alkyl or cyclic N) is 1. The summed E-state index contributed by atoms with van der Waals surface area (Å²) in [5.74, 6) is 2.40. The summed E-state index contributed by atoms with van der Waals surface area (Å²) in [4.78, 5) is 13.6. The summed E-state index contributed by atoms with van der Waals surface area (Å²) >= 11 is 6.47. The van der Waals surface area contributed by atoms with E-state index < -0.39 is 6.10 Å². The first kappa shape index (κ1) is 27.7. The van der Waals surface area contributed by atoms with Gasteiger partial charge in [-0.05, 0) is 19.2 Å². The summed E-state index contributed by atoms with van der Waals surface area (Å²) < 4.78 is 23.4. The van der Waals surface area contributed by atoms with Crippen LogP contribution < -0.4 is 19.5 Å². The van der Waals surface area contributed by atoms with Crippen LogP contribution in [-0.4, -0.2) is 104 Å². The van der Waals surface area contributed by atoms with Crippen LogP contribution in [0.15, 0.2) is 36.7 Å². The van der Waals surface area contributed by atoms with Gasteiger partial charge in [-0.15, -0.1) is 0 Å². The third-order valence-electron chi connectivity index (χ3n) is 7.07. The number of benzene rings is 2. The second-order valence-corrected chi connectivity index (χ2v) is 10.4. The predicted molar refractivity (Wildman–Crippen MR) is 151 cm³/mol. The Balaban J connectivity index is 1.39. The highest BCUT2D eigenvalue weighted by atomic mass is 35.5. The second kappa shape index (κ2) is 13.0. The number of rotatable bonds is 10. The molecule has 1 atom stereocenters. The molecule has 0 bridgehead atoms. The number of methoxy groups -OCH3 is 1. The van der Waals surface area contributed by atoms with Crippen LogP contribution >= 0.6 is 11.6 Å². The Bertz CT molecular complexity index is 1250. The van der Waals surface area contributed by atoms with E-state index in [1.54, 1.807) is 19.2 Å². The predicted octanol–water partition coefficient (Wildman–Crippen LogP) is 3.58. The minimum absolute atomic E-state index is 0.00603. The van der Waals surface area contributed by atoms with Gasteiger partial charge in [0.1, 0.15) is 48.2 Å². The third-order valence-corrected chi connectivity index (χ3v) is 7.40. The molecule has 0 radical (unpaired) electrons. The van der Waals surface area contributed by atoms with Crippen molar-refractivity contribution in [3.05, 3.63) is 41.7 Å². The molecule has 2 aliphatic rings. The summed E-state index contributed by atoms with van der Waals surface area (Å²) in [5, 5.41) is 15.2. The number of aliphatic hydroxyl groups excluding tert-OH is 1. The van der Waals surface area contributed by atoms with Crippen molar-refractivity contribution in [3.63, 3.8) is 0 Å². The Labute approximate surface area is 233 Å². The van der Waals surface area contributed by atoms with Crippen LogP contribution in [0, 0.1) is 0 Å². The molecule has 2 N–H and O–H groups in total. The van der Waals surface area contributed by atoms with Crippen LogP contribution in [0.4, 0.5) is 11.5 Å². The highest BCUT2D eigenvalue weighted by Gasteiger charge is 2.22. The van der Waals surface area contributed by atoms with Gasteiger partial charge in [-0.2, -0.15) is 0 Å². The van der Waals surface area contributed by atoms with Crippen molar-refractivity contribution < 1.29 is 24.1 Å². The first-order valence-electron chi connectivity index (χ1n) is 13.3. The molecule has 10 nitrogen and oxygen atoms in total. The number of nitrogens with one attached hydrogen (secondary N) is 1. The fourth-order valence-corrected chi connectivity index (χ4v) is 4.97. The topological polar surface area (TPSA) is 101 Å². The maximum Gasteiger partial charge on any atom is 0.145 e. The van der Waals surface area contributed by atoms with E-state index in [0.29, 0.717) is 64.4 Å². The SMILES string of the molecule is COc1ccc(Cl)c(Nc2ncnc3cc(OC[C@H](O)CN4CCN(C)CC4)cc(OC4CCOCC4)c23)c1. The summed E-state index contributed by atoms with van der Waals surface area (Å²) in [7, 11) is 3.73. The Hall–Kier alpha value is -2.89. The number of likely N-dealkylation sites (N-methyl/N-ethyl adjacent to an activating group) is 1. The minimum Gasteiger partial charge on any atom is -0.497 e. The summed E-state index contributed by atoms with van der Waals surface area (Å²) in [6.45, 7) is 5.93. The molecule has 39 heavy (non-hydrogen) atoms. The van der Waals surface area contributed by atoms with Gasteiger partial charge in [0.2, 0.25) is 0 Å². The molecule has 0 unspecified atom stereocenters. The van der Waals surface area contributed by atoms with Gasteiger partial charge in [0.15, 0.2) is 0 Å². The lowest BCUT2D eigenvalue weighted by Gasteiger charge is -2.33. The van der Waals surface area contributed by atoms with Gasteiger partial charge in [-0.1, -0.05) is 11.6 Å². The highest BCUT2D eigenvalue weighted by Crippen LogP contribution is 2.38. The number of fused-ring (bicyclic) bond motifs is 1. The third kappa shape index (κ3) is 7.20. The molecule has 3 aromatic rings. The number of hydrogen-bond acceptors (Lipinski definition) is 10. The van der Waals surface area contributed by atoms with Crippen LogP contribution in [0.5, 0.6) is 17.2 Å². The monoisotopic (exact) mass is 557 g/mol. The van der Waals surface area contributed by atoms with Crippen molar-refractivity contribution in [2.45, 2.75) is 25.0 Å². The number of aliphatic hydroxyl groups is 1. The van der Waals surface area contributed by atoms with Gasteiger partial charge < -0.3 is 34.3 Å². The standard InChI is InChI=1S/C28H36ClN5O5/c1-33-7-9-34(10-8-33)16-19(35)17-38-22-14-25-27(26(15-22)39-20-5-11-37-12-6-20)28(31-18-30-25)32-24-13-21(36-2)3-4-23(24)29/h3-4,13-15,18-20,35H,5-12,16-17H2,1-2H3,(H,30,31,32)/t19-/m1/s1. The van der Waals surface area contributed by atoms with Gasteiger partial charge in [0.25, 0.3) is 0 Å². The van der Waals surface area contributed by atoms with Gasteiger partial charge in [-0.3, -0.25) is 4.90 Å². The quantitative estimate of drug-likeness (QED) is 0.384. The molecule has 0 amide bonds. The molecule has 0 aliphatic carbocycles. The normalized spacial score (nSPS) is 18.2. The number of halogens is 1. The zero-order valence-corrected chi connectivity index (χ0v) is 23.2. The molecule has 5 rings (SSSR count). The smallest absolute Gasteiger partial charge is 0.145 e. The van der Waals surface area contributed by atoms with E-state index in [0.717, 1.165) is 39.0 Å². The van der Waals surface area contributed by atoms with E-state index in [-0.39, 0.29) is 12.7 Å². The van der Waals surface area contributed by atoms with Gasteiger partial charge in [0, 0.05) is 63.8 Å². The van der Waals surface area contributed by atoms with E-state index in [1.165, 1.54) is 6.33 Å². The Morgan fingerprint density at radius 2 is 1.90 bits per heavy atom. The van der Waals surface area contributed by atoms with Crippen molar-refractivity contribution in [2.75, 3.05) is 72.0 Å². The van der Waals surface area contributed by atoms with Gasteiger partial charge >= 0.3 is 0 Å². The lowest BCUT2D eigenvalue weighted by molar-refractivity contribution is 0.0259. The molecule has 0 spiro atoms. The van der Waals surface area contributed by atoms with Crippen LogP contribution in [0.25, 0.3) is 10.9 Å². The molecule has 11 heteroatoms. The molecule has 210 valence electrons. The number of piperazine rings is 1. The Morgan fingerprint density at radius 3 is 2.67 bits per heavy atom. The number of nitrogens with zero attached hydrogens (tertiary/aromatic N) is 4. The number of ether oxygens (including phenoxy) is 4. The molecule has 1 aromatic heterocycles. The average molecular weight is 558 g/mol. The van der Waals surface area contributed by atoms with E-state index in [4.69, 9.17) is 30.5 Å². The van der Waals surface area contributed by atoms with E-state index in [9.17, 15) is 5.11 Å². The maximum atomic E-state index is 10.7. The van der Waals surface area contributed by atoms with Crippen molar-refractivity contribution in [1.82, 2.24) is 19.8 Å². The fourth-order valence-electron chi connectivity index (χ4n) is 4.80. The average Bonchev–Trinajstić information content (AvgIpc) is 2.95. The Kier molecular flexibility index (Phi) is 9.21. The molecule has 3 heterocycles. The summed E-state index contributed by atoms with van der Waals surface area (Å²) in [5.41, 5.74) is 1.31. The molecule has 2 aliphatic heterocycles. The van der Waals surface area contributed by atoms with Gasteiger partial charge in [-0.25, -0.2) is 9.97 Å². The molecule has 2 fully saturated rings. The van der Waals surface area contributed by atoms with Crippen molar-refractivity contribution in [2.24, 2.45) is 0 Å². The van der Waals surface area contributed by atoms with Crippen molar-refractivity contribution in [3.8, 4) is 17.2 Å². The summed E-state index contributed by atoms with van der Waals surface area (Å²) in [6, 6.07) is 9.07. The van der Waals surface area contributed by atoms with Gasteiger partial charge in [0.05, 0.1) is 41.9 Å². The van der Waals surface area contributed by atoms with Crippen molar-refractivity contribution >= 4 is 34.0 Å². The molecule has 2 aromatic carbocycles. The van der Waals surface area contributed by atoms with Crippen LogP contribution in [-0.2, 0) is 4.74 Å². The van der Waals surface area contributed by atoms with Crippen LogP contribution in [0.1, 0.15) is 12.8 Å². The zero-order valence-electron chi connectivity index (χ0n) is 22.4. The molecular formula is C28H36ClN5O5. The minimum atomic E-state index is -0.609. The summed E-state index contributed by atoms with van der Waals surface area (Å²) in [6.07, 6.45) is 2.45. The van der Waals surface area contributed by atoms with Crippen LogP contribution in [0.2, 0.25) is 5.02 Å². The molecule has 0 saturated carbocycles. The van der Waals surface area contributed by atoms with E-state index in [1.807, 2.05) is 18.2 Å². The molecular weight excluding hydrogens is 522 g/mol. The lowest BCUT2D eigenvalue weighted by atomic mass is 10.1. The first-order chi connectivity index (χ1) is 19.0. The lowest BCUT2D eigenvalue weighted by Crippen LogP contribution is -2.47. The number of aromatic nitrogens is 2. The highest BCUT2D eigenvalue weighted by molar-refractivity contribution is 6.33. The number of hydrogen-bond donors (Lipinski definition) is 2. The Morgan fingerprint density at radius 1 is 1.10 bits per heavy atom. The van der Waals surface area contributed by atoms with Crippen molar-refractivity contribution in [1.29, 1.82) is 0 Å². The number of anilines is 2. The van der Waals surface area contributed by atoms with E-state index in [2.05, 4.69) is 32.1 Å². The second-order valence-electron chi connectivity index (χ2n) is 10.0. The largest absolute Gasteiger partial charge is 0.497 e. The van der Waals surface area contributed by atoms with Crippen LogP contribution in [0.3, 0.4) is 0 Å². The molecule has 2 saturated heterocycles. The first-order valence-corrected chi connectivity index (χ1v) is 13.7.